The third kappa shape index (κ3) is 7.11. The van der Waals surface area contributed by atoms with Gasteiger partial charge in [0.25, 0.3) is 0 Å². The molecular weight excluding hydrogens is 391 g/mol. The maximum atomic E-state index is 11.8. The summed E-state index contributed by atoms with van der Waals surface area (Å²) in [5, 5.41) is 3.05. The van der Waals surface area contributed by atoms with E-state index in [2.05, 4.69) is 23.3 Å². The molecule has 1 rings (SSSR count). The largest absolute Gasteiger partial charge is 0.370 e. The Morgan fingerprint density at radius 1 is 1.27 bits per heavy atom. The summed E-state index contributed by atoms with van der Waals surface area (Å²) in [6, 6.07) is 8.05. The van der Waals surface area contributed by atoms with Gasteiger partial charge in [0.15, 0.2) is 5.96 Å². The van der Waals surface area contributed by atoms with Crippen molar-refractivity contribution in [1.82, 2.24) is 4.90 Å². The summed E-state index contributed by atoms with van der Waals surface area (Å²) in [5.74, 6) is 0.458. The quantitative estimate of drug-likeness (QED) is 0.407. The molecule has 6 heteroatoms. The van der Waals surface area contributed by atoms with Crippen LogP contribution in [0.2, 0.25) is 0 Å². The number of nitrogens with one attached hydrogen (secondary N) is 1. The second kappa shape index (κ2) is 11.3. The van der Waals surface area contributed by atoms with Crippen molar-refractivity contribution in [3.8, 4) is 0 Å². The van der Waals surface area contributed by atoms with Crippen LogP contribution in [0.1, 0.15) is 32.8 Å². The molecule has 0 saturated heterocycles. The number of hydrogen-bond acceptors (Lipinski definition) is 2. The summed E-state index contributed by atoms with van der Waals surface area (Å²) in [5.41, 5.74) is 8.00. The van der Waals surface area contributed by atoms with Crippen molar-refractivity contribution < 1.29 is 4.79 Å². The van der Waals surface area contributed by atoms with Crippen LogP contribution in [0.4, 0.5) is 5.69 Å². The Labute approximate surface area is 150 Å². The predicted octanol–water partition coefficient (Wildman–Crippen LogP) is 2.85. The molecule has 0 aliphatic rings. The Morgan fingerprint density at radius 3 is 2.55 bits per heavy atom. The predicted molar refractivity (Wildman–Crippen MR) is 104 cm³/mol. The van der Waals surface area contributed by atoms with Gasteiger partial charge in [-0.1, -0.05) is 19.1 Å². The zero-order valence-corrected chi connectivity index (χ0v) is 16.0. The number of benzene rings is 1. The van der Waals surface area contributed by atoms with Gasteiger partial charge in [-0.15, -0.1) is 24.0 Å². The van der Waals surface area contributed by atoms with Crippen LogP contribution in [0.25, 0.3) is 0 Å². The average Bonchev–Trinajstić information content (AvgIpc) is 2.48. The molecule has 1 aromatic rings. The highest BCUT2D eigenvalue weighted by Gasteiger charge is 2.08. The van der Waals surface area contributed by atoms with Crippen molar-refractivity contribution in [3.05, 3.63) is 29.8 Å². The number of carbonyl (C=O) groups excluding carboxylic acids is 1. The van der Waals surface area contributed by atoms with Gasteiger partial charge >= 0.3 is 0 Å². The van der Waals surface area contributed by atoms with Gasteiger partial charge in [-0.25, -0.2) is 0 Å². The lowest BCUT2D eigenvalue weighted by Crippen LogP contribution is -2.31. The van der Waals surface area contributed by atoms with Crippen molar-refractivity contribution in [2.75, 3.05) is 25.0 Å². The van der Waals surface area contributed by atoms with Crippen molar-refractivity contribution in [2.24, 2.45) is 10.7 Å². The Kier molecular flexibility index (Phi) is 10.6. The zero-order valence-electron chi connectivity index (χ0n) is 13.6. The first-order valence-corrected chi connectivity index (χ1v) is 7.54. The Balaban J connectivity index is 0.00000441. The van der Waals surface area contributed by atoms with E-state index in [4.69, 9.17) is 5.73 Å². The molecule has 5 nitrogen and oxygen atoms in total. The van der Waals surface area contributed by atoms with E-state index in [0.717, 1.165) is 25.2 Å². The van der Waals surface area contributed by atoms with E-state index < -0.39 is 0 Å². The molecule has 3 N–H and O–H groups in total. The van der Waals surface area contributed by atoms with Gasteiger partial charge in [-0.05, 0) is 38.0 Å². The van der Waals surface area contributed by atoms with Gasteiger partial charge in [0.05, 0.1) is 6.54 Å². The molecule has 0 fully saturated rings. The number of amides is 1. The maximum Gasteiger partial charge on any atom is 0.224 e. The van der Waals surface area contributed by atoms with Crippen molar-refractivity contribution in [2.45, 2.75) is 33.6 Å². The first-order valence-electron chi connectivity index (χ1n) is 7.54. The average molecular weight is 418 g/mol. The number of carbonyl (C=O) groups is 1. The highest BCUT2D eigenvalue weighted by molar-refractivity contribution is 14.0. The fourth-order valence-electron chi connectivity index (χ4n) is 2.06. The van der Waals surface area contributed by atoms with E-state index in [9.17, 15) is 4.79 Å². The van der Waals surface area contributed by atoms with Crippen LogP contribution in [0.15, 0.2) is 29.3 Å². The first kappa shape index (κ1) is 20.7. The number of anilines is 1. The third-order valence-corrected chi connectivity index (χ3v) is 3.33. The van der Waals surface area contributed by atoms with Gasteiger partial charge in [-0.3, -0.25) is 9.79 Å². The van der Waals surface area contributed by atoms with Gasteiger partial charge < -0.3 is 16.0 Å². The Hall–Kier alpha value is -1.31. The SMILES string of the molecule is CCc1cccc(NC(N)=NCCC(=O)N(CC)CC)c1.I. The van der Waals surface area contributed by atoms with Gasteiger partial charge in [0, 0.05) is 25.2 Å². The summed E-state index contributed by atoms with van der Waals surface area (Å²) < 4.78 is 0. The van der Waals surface area contributed by atoms with E-state index >= 15 is 0 Å². The van der Waals surface area contributed by atoms with E-state index in [1.54, 1.807) is 4.90 Å². The number of nitrogens with zero attached hydrogens (tertiary/aromatic N) is 2. The number of aliphatic imine (C=N–C) groups is 1. The van der Waals surface area contributed by atoms with E-state index in [0.29, 0.717) is 18.9 Å². The number of halogens is 1. The minimum atomic E-state index is 0. The second-order valence-electron chi connectivity index (χ2n) is 4.76. The number of hydrogen-bond donors (Lipinski definition) is 2. The van der Waals surface area contributed by atoms with E-state index in [1.807, 2.05) is 32.0 Å². The summed E-state index contributed by atoms with van der Waals surface area (Å²) in [6.07, 6.45) is 1.37. The van der Waals surface area contributed by atoms with Crippen LogP contribution in [-0.4, -0.2) is 36.4 Å². The van der Waals surface area contributed by atoms with Crippen LogP contribution in [0.3, 0.4) is 0 Å². The van der Waals surface area contributed by atoms with Gasteiger partial charge in [0.1, 0.15) is 0 Å². The molecule has 0 aromatic heterocycles. The van der Waals surface area contributed by atoms with Crippen molar-refractivity contribution in [1.29, 1.82) is 0 Å². The maximum absolute atomic E-state index is 11.8. The first-order chi connectivity index (χ1) is 10.1. The highest BCUT2D eigenvalue weighted by atomic mass is 127. The molecule has 0 spiro atoms. The summed E-state index contributed by atoms with van der Waals surface area (Å²) >= 11 is 0. The molecule has 0 aliphatic heterocycles. The molecule has 1 amide bonds. The van der Waals surface area contributed by atoms with Gasteiger partial charge in [0.2, 0.25) is 5.91 Å². The number of rotatable bonds is 7. The van der Waals surface area contributed by atoms with Crippen LogP contribution in [0, 0.1) is 0 Å². The fourth-order valence-corrected chi connectivity index (χ4v) is 2.06. The Bertz CT molecular complexity index is 487. The monoisotopic (exact) mass is 418 g/mol. The van der Waals surface area contributed by atoms with E-state index in [-0.39, 0.29) is 29.9 Å². The molecule has 0 bridgehead atoms. The topological polar surface area (TPSA) is 70.7 Å². The minimum absolute atomic E-state index is 0. The van der Waals surface area contributed by atoms with Crippen molar-refractivity contribution in [3.63, 3.8) is 0 Å². The number of guanidine groups is 1. The number of nitrogens with two attached hydrogens (primary N) is 1. The molecule has 22 heavy (non-hydrogen) atoms. The van der Waals surface area contributed by atoms with Crippen molar-refractivity contribution >= 4 is 41.5 Å². The van der Waals surface area contributed by atoms with Crippen LogP contribution >= 0.6 is 24.0 Å². The lowest BCUT2D eigenvalue weighted by Gasteiger charge is -2.17. The Morgan fingerprint density at radius 2 is 1.95 bits per heavy atom. The third-order valence-electron chi connectivity index (χ3n) is 3.33. The van der Waals surface area contributed by atoms with E-state index in [1.165, 1.54) is 5.56 Å². The van der Waals surface area contributed by atoms with Gasteiger partial charge in [-0.2, -0.15) is 0 Å². The standard InChI is InChI=1S/C16H26N4O.HI/c1-4-13-8-7-9-14(12-13)19-16(17)18-11-10-15(21)20(5-2)6-3;/h7-9,12H,4-6,10-11H2,1-3H3,(H3,17,18,19);1H. The second-order valence-corrected chi connectivity index (χ2v) is 4.76. The lowest BCUT2D eigenvalue weighted by molar-refractivity contribution is -0.130. The molecule has 0 heterocycles. The molecule has 0 radical (unpaired) electrons. The zero-order chi connectivity index (χ0) is 15.7. The number of aryl methyl sites for hydroxylation is 1. The highest BCUT2D eigenvalue weighted by Crippen LogP contribution is 2.10. The minimum Gasteiger partial charge on any atom is -0.370 e. The summed E-state index contributed by atoms with van der Waals surface area (Å²) in [4.78, 5) is 17.8. The van der Waals surface area contributed by atoms with Crippen LogP contribution < -0.4 is 11.1 Å². The lowest BCUT2D eigenvalue weighted by atomic mass is 10.1. The molecule has 1 aromatic carbocycles. The summed E-state index contributed by atoms with van der Waals surface area (Å²) in [7, 11) is 0. The van der Waals surface area contributed by atoms with Crippen LogP contribution in [-0.2, 0) is 11.2 Å². The molecule has 124 valence electrons. The molecule has 0 saturated carbocycles. The molecule has 0 atom stereocenters. The smallest absolute Gasteiger partial charge is 0.224 e. The fraction of sp³-hybridized carbons (Fsp3) is 0.500. The summed E-state index contributed by atoms with van der Waals surface area (Å²) in [6.45, 7) is 7.92. The molecule has 0 aliphatic carbocycles. The molecule has 0 unspecified atom stereocenters. The normalized spacial score (nSPS) is 10.8. The van der Waals surface area contributed by atoms with Crippen LogP contribution in [0.5, 0.6) is 0 Å². The molecular formula is C16H27IN4O.